The zero-order valence-electron chi connectivity index (χ0n) is 15.1. The number of aliphatic hydroxyl groups excluding tert-OH is 1. The molecule has 6 nitrogen and oxygen atoms in total. The standard InChI is InChI=1S/C21H14Cl2N2O4/c1-11-9-16(24-29-11)25-18(13-7-8-14(22)15(23)10-13)17(20(27)21(25)28)19(26)12-5-3-2-4-6-12/h2-10,18,26H,1H3/b19-17+. The molecule has 146 valence electrons. The van der Waals surface area contributed by atoms with Crippen LogP contribution < -0.4 is 4.90 Å². The third kappa shape index (κ3) is 3.30. The molecule has 2 aromatic carbocycles. The van der Waals surface area contributed by atoms with Crippen LogP contribution in [-0.2, 0) is 9.59 Å². The van der Waals surface area contributed by atoms with Crippen molar-refractivity contribution in [2.75, 3.05) is 4.90 Å². The second-order valence-corrected chi connectivity index (χ2v) is 7.32. The van der Waals surface area contributed by atoms with Crippen molar-refractivity contribution in [2.24, 2.45) is 0 Å². The summed E-state index contributed by atoms with van der Waals surface area (Å²) in [6, 6.07) is 13.9. The molecule has 0 radical (unpaired) electrons. The largest absolute Gasteiger partial charge is 0.507 e. The van der Waals surface area contributed by atoms with Crippen LogP contribution in [0.4, 0.5) is 5.82 Å². The molecule has 0 bridgehead atoms. The Hall–Kier alpha value is -3.09. The molecule has 1 aromatic heterocycles. The van der Waals surface area contributed by atoms with Crippen molar-refractivity contribution in [1.82, 2.24) is 5.16 Å². The zero-order chi connectivity index (χ0) is 20.7. The molecule has 2 heterocycles. The van der Waals surface area contributed by atoms with Gasteiger partial charge in [0.05, 0.1) is 21.7 Å². The Balaban J connectivity index is 1.97. The molecule has 1 atom stereocenters. The summed E-state index contributed by atoms with van der Waals surface area (Å²) in [5, 5.41) is 15.4. The summed E-state index contributed by atoms with van der Waals surface area (Å²) < 4.78 is 5.09. The molecule has 0 spiro atoms. The number of nitrogens with zero attached hydrogens (tertiary/aromatic N) is 2. The molecule has 0 aliphatic carbocycles. The van der Waals surface area contributed by atoms with E-state index in [0.717, 1.165) is 0 Å². The molecule has 1 aliphatic rings. The van der Waals surface area contributed by atoms with E-state index in [9.17, 15) is 14.7 Å². The van der Waals surface area contributed by atoms with Crippen molar-refractivity contribution in [1.29, 1.82) is 0 Å². The van der Waals surface area contributed by atoms with Gasteiger partial charge < -0.3 is 9.63 Å². The van der Waals surface area contributed by atoms with E-state index in [1.165, 1.54) is 11.0 Å². The summed E-state index contributed by atoms with van der Waals surface area (Å²) in [6.07, 6.45) is 0. The predicted molar refractivity (Wildman–Crippen MR) is 109 cm³/mol. The van der Waals surface area contributed by atoms with Crippen LogP contribution in [0.25, 0.3) is 5.76 Å². The number of rotatable bonds is 3. The number of carbonyl (C=O) groups is 2. The molecule has 1 saturated heterocycles. The van der Waals surface area contributed by atoms with Gasteiger partial charge in [0, 0.05) is 11.6 Å². The minimum atomic E-state index is -0.950. The lowest BCUT2D eigenvalue weighted by Crippen LogP contribution is -2.29. The predicted octanol–water partition coefficient (Wildman–Crippen LogP) is 4.92. The molecule has 1 unspecified atom stereocenters. The molecule has 1 fully saturated rings. The molecular weight excluding hydrogens is 415 g/mol. The first kappa shape index (κ1) is 19.2. The number of hydrogen-bond donors (Lipinski definition) is 1. The van der Waals surface area contributed by atoms with Gasteiger partial charge in [-0.2, -0.15) is 0 Å². The van der Waals surface area contributed by atoms with Crippen molar-refractivity contribution >= 4 is 46.5 Å². The van der Waals surface area contributed by atoms with Crippen LogP contribution in [0.3, 0.4) is 0 Å². The Morgan fingerprint density at radius 2 is 1.79 bits per heavy atom. The number of aliphatic hydroxyl groups is 1. The number of amides is 1. The molecule has 1 N–H and O–H groups in total. The summed E-state index contributed by atoms with van der Waals surface area (Å²) in [7, 11) is 0. The number of carbonyl (C=O) groups excluding carboxylic acids is 2. The maximum atomic E-state index is 12.9. The second-order valence-electron chi connectivity index (χ2n) is 6.50. The third-order valence-electron chi connectivity index (χ3n) is 4.61. The van der Waals surface area contributed by atoms with Gasteiger partial charge in [-0.3, -0.25) is 14.5 Å². The van der Waals surface area contributed by atoms with Crippen molar-refractivity contribution in [3.63, 3.8) is 0 Å². The maximum Gasteiger partial charge on any atom is 0.301 e. The first-order chi connectivity index (χ1) is 13.9. The van der Waals surface area contributed by atoms with Crippen LogP contribution in [0.15, 0.2) is 64.7 Å². The molecular formula is C21H14Cl2N2O4. The monoisotopic (exact) mass is 428 g/mol. The highest BCUT2D eigenvalue weighted by molar-refractivity contribution is 6.51. The lowest BCUT2D eigenvalue weighted by Gasteiger charge is -2.23. The number of hydrogen-bond acceptors (Lipinski definition) is 5. The molecule has 29 heavy (non-hydrogen) atoms. The molecule has 8 heteroatoms. The molecule has 1 aliphatic heterocycles. The molecule has 0 saturated carbocycles. The quantitative estimate of drug-likeness (QED) is 0.363. The minimum Gasteiger partial charge on any atom is -0.507 e. The van der Waals surface area contributed by atoms with E-state index in [-0.39, 0.29) is 22.2 Å². The van der Waals surface area contributed by atoms with Gasteiger partial charge in [0.15, 0.2) is 5.82 Å². The van der Waals surface area contributed by atoms with Gasteiger partial charge in [0.1, 0.15) is 11.5 Å². The number of halogens is 2. The second kappa shape index (κ2) is 7.39. The van der Waals surface area contributed by atoms with Gasteiger partial charge in [-0.1, -0.05) is 64.8 Å². The van der Waals surface area contributed by atoms with E-state index in [2.05, 4.69) is 5.16 Å². The fourth-order valence-electron chi connectivity index (χ4n) is 3.29. The summed E-state index contributed by atoms with van der Waals surface area (Å²) in [5.41, 5.74) is 0.837. The van der Waals surface area contributed by atoms with Crippen molar-refractivity contribution < 1.29 is 19.2 Å². The van der Waals surface area contributed by atoms with Gasteiger partial charge >= 0.3 is 5.91 Å². The lowest BCUT2D eigenvalue weighted by molar-refractivity contribution is -0.132. The fraction of sp³-hybridized carbons (Fsp3) is 0.0952. The van der Waals surface area contributed by atoms with Gasteiger partial charge in [-0.05, 0) is 24.6 Å². The van der Waals surface area contributed by atoms with Crippen molar-refractivity contribution in [2.45, 2.75) is 13.0 Å². The average Bonchev–Trinajstić information content (AvgIpc) is 3.25. The highest BCUT2D eigenvalue weighted by atomic mass is 35.5. The molecule has 3 aromatic rings. The molecule has 1 amide bonds. The van der Waals surface area contributed by atoms with Gasteiger partial charge in [-0.25, -0.2) is 0 Å². The SMILES string of the molecule is Cc1cc(N2C(=O)C(=O)/C(=C(/O)c3ccccc3)C2c2ccc(Cl)c(Cl)c2)no1. The first-order valence-electron chi connectivity index (χ1n) is 8.63. The van der Waals surface area contributed by atoms with Crippen LogP contribution in [0, 0.1) is 6.92 Å². The van der Waals surface area contributed by atoms with Crippen LogP contribution >= 0.6 is 23.2 Å². The Labute approximate surface area is 175 Å². The van der Waals surface area contributed by atoms with Crippen molar-refractivity contribution in [3.8, 4) is 0 Å². The number of ketones is 1. The number of benzene rings is 2. The normalized spacial score (nSPS) is 18.4. The van der Waals surface area contributed by atoms with Crippen LogP contribution in [0.5, 0.6) is 0 Å². The van der Waals surface area contributed by atoms with Gasteiger partial charge in [0.25, 0.3) is 5.78 Å². The smallest absolute Gasteiger partial charge is 0.301 e. The Morgan fingerprint density at radius 1 is 1.07 bits per heavy atom. The topological polar surface area (TPSA) is 83.6 Å². The van der Waals surface area contributed by atoms with E-state index < -0.39 is 17.7 Å². The Morgan fingerprint density at radius 3 is 2.41 bits per heavy atom. The Bertz CT molecular complexity index is 1150. The number of anilines is 1. The third-order valence-corrected chi connectivity index (χ3v) is 5.35. The minimum absolute atomic E-state index is 0.0692. The lowest BCUT2D eigenvalue weighted by atomic mass is 9.95. The average molecular weight is 429 g/mol. The summed E-state index contributed by atoms with van der Waals surface area (Å²) in [5.74, 6) is -1.32. The summed E-state index contributed by atoms with van der Waals surface area (Å²) in [4.78, 5) is 27.0. The van der Waals surface area contributed by atoms with E-state index >= 15 is 0 Å². The van der Waals surface area contributed by atoms with E-state index in [4.69, 9.17) is 27.7 Å². The van der Waals surface area contributed by atoms with E-state index in [1.54, 1.807) is 55.5 Å². The van der Waals surface area contributed by atoms with Gasteiger partial charge in [0.2, 0.25) is 0 Å². The number of aryl methyl sites for hydroxylation is 1. The van der Waals surface area contributed by atoms with E-state index in [0.29, 0.717) is 21.9 Å². The van der Waals surface area contributed by atoms with E-state index in [1.807, 2.05) is 0 Å². The Kier molecular flexibility index (Phi) is 4.90. The van der Waals surface area contributed by atoms with Crippen LogP contribution in [0.1, 0.15) is 22.9 Å². The van der Waals surface area contributed by atoms with Crippen LogP contribution in [-0.4, -0.2) is 22.0 Å². The maximum absolute atomic E-state index is 12.9. The zero-order valence-corrected chi connectivity index (χ0v) is 16.6. The fourth-order valence-corrected chi connectivity index (χ4v) is 3.59. The summed E-state index contributed by atoms with van der Waals surface area (Å²) in [6.45, 7) is 1.67. The summed E-state index contributed by atoms with van der Waals surface area (Å²) >= 11 is 12.2. The van der Waals surface area contributed by atoms with Crippen molar-refractivity contribution in [3.05, 3.63) is 87.1 Å². The highest BCUT2D eigenvalue weighted by Crippen LogP contribution is 2.43. The first-order valence-corrected chi connectivity index (χ1v) is 9.38. The number of Topliss-reactive ketones (excluding diaryl/α,β-unsaturated/α-hetero) is 1. The molecule has 4 rings (SSSR count). The van der Waals surface area contributed by atoms with Crippen LogP contribution in [0.2, 0.25) is 10.0 Å². The highest BCUT2D eigenvalue weighted by Gasteiger charge is 2.48. The number of aromatic nitrogens is 1. The van der Waals surface area contributed by atoms with Gasteiger partial charge in [-0.15, -0.1) is 0 Å².